The summed E-state index contributed by atoms with van der Waals surface area (Å²) >= 11 is 2.74. The lowest BCUT2D eigenvalue weighted by Gasteiger charge is -2.17. The number of benzene rings is 6. The molecule has 2 aliphatic rings. The van der Waals surface area contributed by atoms with E-state index in [2.05, 4.69) is 143 Å². The number of nitrogens with one attached hydrogen (secondary N) is 2. The van der Waals surface area contributed by atoms with Crippen LogP contribution in [-0.4, -0.2) is 27.0 Å². The number of thioether (sulfide) groups is 2. The number of nitrogens with zero attached hydrogens (tertiary/aromatic N) is 2. The van der Waals surface area contributed by atoms with Crippen molar-refractivity contribution in [3.8, 4) is 11.4 Å². The van der Waals surface area contributed by atoms with E-state index in [1.807, 2.05) is 12.1 Å². The van der Waals surface area contributed by atoms with E-state index in [1.165, 1.54) is 67.2 Å². The number of rotatable bonds is 4. The number of sulfone groups is 1. The first-order chi connectivity index (χ1) is 23.9. The number of hydrogen-bond donors (Lipinski definition) is 2. The number of hydrogen-bond acceptors (Lipinski definition) is 6. The molecule has 0 radical (unpaired) electrons. The highest BCUT2D eigenvalue weighted by atomic mass is 32.3. The van der Waals surface area contributed by atoms with Crippen LogP contribution < -0.4 is 10.6 Å². The monoisotopic (exact) mass is 694 g/mol. The molecule has 2 aromatic heterocycles. The van der Waals surface area contributed by atoms with Crippen LogP contribution in [0.5, 0.6) is 0 Å². The predicted octanol–water partition coefficient (Wildman–Crippen LogP) is 10.2. The Kier molecular flexibility index (Phi) is 6.29. The van der Waals surface area contributed by atoms with E-state index >= 15 is 0 Å². The molecular formula is C40H30N4O2S3. The number of fused-ring (bicyclic) bond motifs is 8. The summed E-state index contributed by atoms with van der Waals surface area (Å²) in [7, 11) is -3.67. The highest BCUT2D eigenvalue weighted by Crippen LogP contribution is 2.49. The maximum atomic E-state index is 14.2. The normalized spacial score (nSPS) is 17.1. The molecule has 0 saturated carbocycles. The molecule has 6 aromatic carbocycles. The zero-order chi connectivity index (χ0) is 33.0. The van der Waals surface area contributed by atoms with Gasteiger partial charge >= 0.3 is 0 Å². The van der Waals surface area contributed by atoms with Crippen LogP contribution in [-0.2, 0) is 9.84 Å². The van der Waals surface area contributed by atoms with Crippen LogP contribution in [0, 0.1) is 13.8 Å². The molecule has 0 fully saturated rings. The fraction of sp³-hybridized carbons (Fsp3) is 0.100. The van der Waals surface area contributed by atoms with Gasteiger partial charge in [-0.1, -0.05) is 96.3 Å². The first kappa shape index (κ1) is 29.1. The third-order valence-electron chi connectivity index (χ3n) is 9.85. The number of anilines is 2. The standard InChI is InChI=1S/C40H30N4O2S3/c1-23-9-7-13-29-27-11-3-5-15-33(27)43(37(23)29)25-17-19-31-35(21-25)47-39(41-31)49(45,46)40-42-32-20-18-26(22-36(32)48-40)44-34-16-6-4-12-28(34)30-14-8-10-24(2)38(30)44/h3-22,39-42H,1-2H3. The smallest absolute Gasteiger partial charge is 0.211 e. The molecule has 49 heavy (non-hydrogen) atoms. The van der Waals surface area contributed by atoms with Gasteiger partial charge in [0.2, 0.25) is 9.84 Å². The van der Waals surface area contributed by atoms with Crippen LogP contribution in [0.15, 0.2) is 131 Å². The minimum Gasteiger partial charge on any atom is -0.360 e. The first-order valence-corrected chi connectivity index (χ1v) is 19.6. The topological polar surface area (TPSA) is 68.1 Å². The van der Waals surface area contributed by atoms with Crippen LogP contribution in [0.1, 0.15) is 11.1 Å². The lowest BCUT2D eigenvalue weighted by molar-refractivity contribution is 0.595. The van der Waals surface area contributed by atoms with Gasteiger partial charge in [-0.15, -0.1) is 0 Å². The van der Waals surface area contributed by atoms with Crippen molar-refractivity contribution in [2.45, 2.75) is 33.1 Å². The Bertz CT molecular complexity index is 2620. The second-order valence-electron chi connectivity index (χ2n) is 12.8. The lowest BCUT2D eigenvalue weighted by atomic mass is 10.1. The molecule has 2 aliphatic heterocycles. The van der Waals surface area contributed by atoms with E-state index in [0.29, 0.717) is 0 Å². The van der Waals surface area contributed by atoms with E-state index < -0.39 is 19.2 Å². The minimum absolute atomic E-state index is 0.809. The molecule has 0 saturated heterocycles. The van der Waals surface area contributed by atoms with Crippen molar-refractivity contribution in [2.24, 2.45) is 0 Å². The molecule has 0 amide bonds. The molecule has 8 aromatic rings. The third kappa shape index (κ3) is 4.25. The molecule has 4 heterocycles. The van der Waals surface area contributed by atoms with Gasteiger partial charge in [-0.2, -0.15) is 0 Å². The van der Waals surface area contributed by atoms with E-state index in [0.717, 1.165) is 43.6 Å². The van der Waals surface area contributed by atoms with E-state index in [1.54, 1.807) is 0 Å². The number of aromatic nitrogens is 2. The molecule has 0 spiro atoms. The van der Waals surface area contributed by atoms with Crippen LogP contribution >= 0.6 is 23.5 Å². The highest BCUT2D eigenvalue weighted by Gasteiger charge is 2.42. The fourth-order valence-corrected chi connectivity index (χ4v) is 12.7. The fourth-order valence-electron chi connectivity index (χ4n) is 7.60. The van der Waals surface area contributed by atoms with Gasteiger partial charge < -0.3 is 19.8 Å². The zero-order valence-electron chi connectivity index (χ0n) is 26.6. The predicted molar refractivity (Wildman–Crippen MR) is 206 cm³/mol. The Morgan fingerprint density at radius 1 is 0.531 bits per heavy atom. The van der Waals surface area contributed by atoms with Crippen molar-refractivity contribution >= 4 is 88.3 Å². The Morgan fingerprint density at radius 2 is 0.959 bits per heavy atom. The summed E-state index contributed by atoms with van der Waals surface area (Å²) in [4.78, 5) is 1.85. The van der Waals surface area contributed by atoms with Gasteiger partial charge in [0.1, 0.15) is 0 Å². The van der Waals surface area contributed by atoms with Gasteiger partial charge in [0.15, 0.2) is 9.41 Å². The third-order valence-corrected chi connectivity index (χ3v) is 15.3. The van der Waals surface area contributed by atoms with Crippen molar-refractivity contribution < 1.29 is 8.42 Å². The summed E-state index contributed by atoms with van der Waals surface area (Å²) in [5.74, 6) is 0. The lowest BCUT2D eigenvalue weighted by Crippen LogP contribution is -2.34. The maximum Gasteiger partial charge on any atom is 0.211 e. The average molecular weight is 695 g/mol. The second-order valence-corrected chi connectivity index (χ2v) is 17.8. The van der Waals surface area contributed by atoms with Crippen LogP contribution in [0.4, 0.5) is 11.4 Å². The van der Waals surface area contributed by atoms with Gasteiger partial charge in [0.05, 0.1) is 22.1 Å². The SMILES string of the molecule is Cc1cccc2c3ccccc3n(-c3ccc4c(c3)SC(S(=O)(=O)C3Nc5ccc(-n6c7ccccc7c7cccc(C)c76)cc5S3)N4)c12. The van der Waals surface area contributed by atoms with Gasteiger partial charge in [-0.05, 0) is 73.5 Å². The van der Waals surface area contributed by atoms with Gasteiger partial charge in [-0.25, -0.2) is 8.42 Å². The largest absolute Gasteiger partial charge is 0.360 e. The molecule has 6 nitrogen and oxygen atoms in total. The van der Waals surface area contributed by atoms with Gasteiger partial charge in [0, 0.05) is 54.1 Å². The summed E-state index contributed by atoms with van der Waals surface area (Å²) in [6.45, 7) is 4.28. The summed E-state index contributed by atoms with van der Waals surface area (Å²) in [6.07, 6.45) is 0. The van der Waals surface area contributed by atoms with Crippen molar-refractivity contribution in [3.63, 3.8) is 0 Å². The van der Waals surface area contributed by atoms with Crippen LogP contribution in [0.2, 0.25) is 0 Å². The maximum absolute atomic E-state index is 14.2. The molecule has 9 heteroatoms. The molecule has 240 valence electrons. The first-order valence-electron chi connectivity index (χ1n) is 16.2. The van der Waals surface area contributed by atoms with Crippen molar-refractivity contribution in [3.05, 3.63) is 132 Å². The van der Waals surface area contributed by atoms with E-state index in [-0.39, 0.29) is 0 Å². The summed E-state index contributed by atoms with van der Waals surface area (Å²) < 4.78 is 31.4. The van der Waals surface area contributed by atoms with Crippen molar-refractivity contribution in [1.82, 2.24) is 9.13 Å². The molecule has 10 rings (SSSR count). The van der Waals surface area contributed by atoms with Gasteiger partial charge in [0.25, 0.3) is 0 Å². The molecular weight excluding hydrogens is 665 g/mol. The molecule has 2 unspecified atom stereocenters. The minimum atomic E-state index is -3.67. The molecule has 0 aliphatic carbocycles. The zero-order valence-corrected chi connectivity index (χ0v) is 29.1. The van der Waals surface area contributed by atoms with Crippen molar-refractivity contribution in [2.75, 3.05) is 10.6 Å². The summed E-state index contributed by atoms with van der Waals surface area (Å²) in [5.41, 5.74) is 10.7. The Morgan fingerprint density at radius 3 is 1.43 bits per heavy atom. The summed E-state index contributed by atoms with van der Waals surface area (Å²) in [6, 6.07) is 42.1. The molecule has 0 bridgehead atoms. The second kappa shape index (κ2) is 10.6. The van der Waals surface area contributed by atoms with E-state index in [9.17, 15) is 8.42 Å². The molecule has 2 N–H and O–H groups in total. The number of aryl methyl sites for hydroxylation is 2. The Hall–Kier alpha value is -4.83. The van der Waals surface area contributed by atoms with Gasteiger partial charge in [-0.3, -0.25) is 0 Å². The number of para-hydroxylation sites is 4. The van der Waals surface area contributed by atoms with Crippen LogP contribution in [0.25, 0.3) is 55.0 Å². The quantitative estimate of drug-likeness (QED) is 0.191. The Labute approximate surface area is 292 Å². The average Bonchev–Trinajstić information content (AvgIpc) is 3.89. The van der Waals surface area contributed by atoms with Crippen LogP contribution in [0.3, 0.4) is 0 Å². The van der Waals surface area contributed by atoms with E-state index in [4.69, 9.17) is 0 Å². The highest BCUT2D eigenvalue weighted by molar-refractivity contribution is 8.21. The summed E-state index contributed by atoms with van der Waals surface area (Å²) in [5, 5.41) is 11.5. The van der Waals surface area contributed by atoms with Crippen molar-refractivity contribution in [1.29, 1.82) is 0 Å². The molecule has 2 atom stereocenters. The Balaban J connectivity index is 0.967.